The SMILES string of the molecule is CN(C(=O)Cc1ccccc1)c1nc2n(c1C(=O)N1CCN(CCCc3ccccc3)CC1)CCCC2. The predicted molar refractivity (Wildman–Crippen MR) is 146 cm³/mol. The third-order valence-electron chi connectivity index (χ3n) is 7.60. The summed E-state index contributed by atoms with van der Waals surface area (Å²) in [6.45, 7) is 4.97. The molecule has 2 amide bonds. The molecule has 0 radical (unpaired) electrons. The number of imidazole rings is 1. The van der Waals surface area contributed by atoms with Gasteiger partial charge in [-0.25, -0.2) is 4.98 Å². The summed E-state index contributed by atoms with van der Waals surface area (Å²) in [5.74, 6) is 1.37. The Labute approximate surface area is 219 Å². The van der Waals surface area contributed by atoms with E-state index in [1.165, 1.54) is 5.56 Å². The number of carbonyl (C=O) groups excluding carboxylic acids is 2. The van der Waals surface area contributed by atoms with Gasteiger partial charge in [-0.15, -0.1) is 0 Å². The lowest BCUT2D eigenvalue weighted by molar-refractivity contribution is -0.117. The fraction of sp³-hybridized carbons (Fsp3) is 0.433. The van der Waals surface area contributed by atoms with Crippen molar-refractivity contribution < 1.29 is 9.59 Å². The van der Waals surface area contributed by atoms with Gasteiger partial charge in [0.25, 0.3) is 5.91 Å². The molecule has 0 N–H and O–H groups in total. The van der Waals surface area contributed by atoms with Gasteiger partial charge in [0.15, 0.2) is 11.5 Å². The number of nitrogens with zero attached hydrogens (tertiary/aromatic N) is 5. The molecule has 2 aliphatic rings. The van der Waals surface area contributed by atoms with Crippen molar-refractivity contribution in [2.45, 2.75) is 45.1 Å². The third kappa shape index (κ3) is 5.93. The number of aromatic nitrogens is 2. The zero-order chi connectivity index (χ0) is 25.6. The molecule has 0 unspecified atom stereocenters. The molecule has 1 fully saturated rings. The van der Waals surface area contributed by atoms with E-state index in [-0.39, 0.29) is 18.2 Å². The number of likely N-dealkylation sites (N-methyl/N-ethyl adjacent to an activating group) is 1. The minimum absolute atomic E-state index is 0.000975. The van der Waals surface area contributed by atoms with Crippen LogP contribution in [0.25, 0.3) is 0 Å². The molecule has 0 aliphatic carbocycles. The van der Waals surface area contributed by atoms with Crippen molar-refractivity contribution in [2.75, 3.05) is 44.7 Å². The molecule has 0 spiro atoms. The van der Waals surface area contributed by atoms with Gasteiger partial charge in [-0.2, -0.15) is 0 Å². The van der Waals surface area contributed by atoms with Crippen LogP contribution in [-0.4, -0.2) is 70.9 Å². The van der Waals surface area contributed by atoms with Crippen molar-refractivity contribution >= 4 is 17.6 Å². The molecule has 2 aromatic carbocycles. The lowest BCUT2D eigenvalue weighted by Crippen LogP contribution is -2.49. The highest BCUT2D eigenvalue weighted by Gasteiger charge is 2.32. The summed E-state index contributed by atoms with van der Waals surface area (Å²) in [5, 5.41) is 0. The van der Waals surface area contributed by atoms with Gasteiger partial charge < -0.3 is 9.47 Å². The highest BCUT2D eigenvalue weighted by molar-refractivity contribution is 6.03. The van der Waals surface area contributed by atoms with E-state index in [0.717, 1.165) is 69.7 Å². The number of amides is 2. The summed E-state index contributed by atoms with van der Waals surface area (Å²) in [5.41, 5.74) is 2.91. The Morgan fingerprint density at radius 3 is 2.24 bits per heavy atom. The molecule has 1 saturated heterocycles. The highest BCUT2D eigenvalue weighted by Crippen LogP contribution is 2.28. The summed E-state index contributed by atoms with van der Waals surface area (Å²) in [7, 11) is 1.75. The Kier molecular flexibility index (Phi) is 7.99. The summed E-state index contributed by atoms with van der Waals surface area (Å²) in [6, 6.07) is 20.3. The normalized spacial score (nSPS) is 15.9. The van der Waals surface area contributed by atoms with Crippen molar-refractivity contribution in [1.29, 1.82) is 0 Å². The van der Waals surface area contributed by atoms with Crippen LogP contribution in [0.3, 0.4) is 0 Å². The Morgan fingerprint density at radius 1 is 0.865 bits per heavy atom. The summed E-state index contributed by atoms with van der Waals surface area (Å²) >= 11 is 0. The number of rotatable bonds is 8. The van der Waals surface area contributed by atoms with Crippen molar-refractivity contribution in [1.82, 2.24) is 19.4 Å². The lowest BCUT2D eigenvalue weighted by Gasteiger charge is -2.35. The van der Waals surface area contributed by atoms with Crippen molar-refractivity contribution in [3.63, 3.8) is 0 Å². The first kappa shape index (κ1) is 25.2. The molecular formula is C30H37N5O2. The van der Waals surface area contributed by atoms with Crippen molar-refractivity contribution in [3.8, 4) is 0 Å². The highest BCUT2D eigenvalue weighted by atomic mass is 16.2. The van der Waals surface area contributed by atoms with Gasteiger partial charge in [0.1, 0.15) is 5.82 Å². The first-order valence-electron chi connectivity index (χ1n) is 13.6. The van der Waals surface area contributed by atoms with Gasteiger partial charge in [-0.05, 0) is 43.4 Å². The van der Waals surface area contributed by atoms with Gasteiger partial charge in [0.05, 0.1) is 6.42 Å². The Bertz CT molecular complexity index is 1200. The number of hydrogen-bond donors (Lipinski definition) is 0. The summed E-state index contributed by atoms with van der Waals surface area (Å²) < 4.78 is 2.07. The predicted octanol–water partition coefficient (Wildman–Crippen LogP) is 3.82. The monoisotopic (exact) mass is 499 g/mol. The van der Waals surface area contributed by atoms with E-state index >= 15 is 0 Å². The first-order valence-corrected chi connectivity index (χ1v) is 13.6. The van der Waals surface area contributed by atoms with Crippen LogP contribution in [0.15, 0.2) is 60.7 Å². The molecule has 1 aromatic heterocycles. The molecule has 0 bridgehead atoms. The van der Waals surface area contributed by atoms with E-state index in [1.807, 2.05) is 35.2 Å². The van der Waals surface area contributed by atoms with Gasteiger partial charge in [0.2, 0.25) is 5.91 Å². The summed E-state index contributed by atoms with van der Waals surface area (Å²) in [6.07, 6.45) is 5.42. The van der Waals surface area contributed by atoms with E-state index in [0.29, 0.717) is 24.6 Å². The average Bonchev–Trinajstić information content (AvgIpc) is 3.33. The molecule has 2 aliphatic heterocycles. The minimum Gasteiger partial charge on any atom is -0.335 e. The average molecular weight is 500 g/mol. The van der Waals surface area contributed by atoms with Crippen LogP contribution >= 0.6 is 0 Å². The number of piperazine rings is 1. The molecule has 7 heteroatoms. The second-order valence-electron chi connectivity index (χ2n) is 10.1. The molecule has 0 atom stereocenters. The second kappa shape index (κ2) is 11.7. The van der Waals surface area contributed by atoms with Crippen LogP contribution in [0, 0.1) is 0 Å². The number of benzene rings is 2. The minimum atomic E-state index is -0.0565. The van der Waals surface area contributed by atoms with Crippen LogP contribution in [0.5, 0.6) is 0 Å². The van der Waals surface area contributed by atoms with Crippen LogP contribution in [0.1, 0.15) is 46.7 Å². The fourth-order valence-electron chi connectivity index (χ4n) is 5.40. The molecule has 5 rings (SSSR count). The smallest absolute Gasteiger partial charge is 0.274 e. The van der Waals surface area contributed by atoms with Gasteiger partial charge in [-0.3, -0.25) is 19.4 Å². The van der Waals surface area contributed by atoms with Gasteiger partial charge in [0, 0.05) is 46.2 Å². The van der Waals surface area contributed by atoms with E-state index in [9.17, 15) is 9.59 Å². The summed E-state index contributed by atoms with van der Waals surface area (Å²) in [4.78, 5) is 37.8. The Balaban J connectivity index is 1.24. The van der Waals surface area contributed by atoms with E-state index in [1.54, 1.807) is 11.9 Å². The number of fused-ring (bicyclic) bond motifs is 1. The molecule has 194 valence electrons. The van der Waals surface area contributed by atoms with Crippen LogP contribution in [0.2, 0.25) is 0 Å². The molecule has 3 aromatic rings. The van der Waals surface area contributed by atoms with E-state index in [4.69, 9.17) is 4.98 Å². The van der Waals surface area contributed by atoms with E-state index < -0.39 is 0 Å². The number of hydrogen-bond acceptors (Lipinski definition) is 4. The van der Waals surface area contributed by atoms with Crippen LogP contribution in [-0.2, 0) is 30.6 Å². The Hall–Kier alpha value is -3.45. The Morgan fingerprint density at radius 2 is 1.54 bits per heavy atom. The molecule has 3 heterocycles. The van der Waals surface area contributed by atoms with Crippen molar-refractivity contribution in [3.05, 3.63) is 83.3 Å². The second-order valence-corrected chi connectivity index (χ2v) is 10.1. The molecular weight excluding hydrogens is 462 g/mol. The van der Waals surface area contributed by atoms with Gasteiger partial charge in [-0.1, -0.05) is 60.7 Å². The van der Waals surface area contributed by atoms with Crippen LogP contribution < -0.4 is 4.90 Å². The number of aryl methyl sites for hydroxylation is 2. The zero-order valence-corrected chi connectivity index (χ0v) is 21.8. The largest absolute Gasteiger partial charge is 0.335 e. The third-order valence-corrected chi connectivity index (χ3v) is 7.60. The quantitative estimate of drug-likeness (QED) is 0.473. The molecule has 7 nitrogen and oxygen atoms in total. The topological polar surface area (TPSA) is 61.7 Å². The maximum Gasteiger partial charge on any atom is 0.274 e. The maximum atomic E-state index is 13.9. The molecule has 37 heavy (non-hydrogen) atoms. The first-order chi connectivity index (χ1) is 18.1. The number of anilines is 1. The number of carbonyl (C=O) groups is 2. The lowest BCUT2D eigenvalue weighted by atomic mass is 10.1. The maximum absolute atomic E-state index is 13.9. The molecule has 0 saturated carbocycles. The fourth-order valence-corrected chi connectivity index (χ4v) is 5.40. The van der Waals surface area contributed by atoms with Crippen molar-refractivity contribution in [2.24, 2.45) is 0 Å². The van der Waals surface area contributed by atoms with Gasteiger partial charge >= 0.3 is 0 Å². The zero-order valence-electron chi connectivity index (χ0n) is 21.8. The standard InChI is InChI=1S/C30H37N5O2/c1-32(27(36)23-25-13-6-3-7-14-25)29-28(35-18-9-8-16-26(35)31-29)30(37)34-21-19-33(20-22-34)17-10-15-24-11-4-2-5-12-24/h2-7,11-14H,8-10,15-23H2,1H3. The van der Waals surface area contributed by atoms with Crippen LogP contribution in [0.4, 0.5) is 5.82 Å². The van der Waals surface area contributed by atoms with E-state index in [2.05, 4.69) is 39.8 Å².